The van der Waals surface area contributed by atoms with E-state index in [9.17, 15) is 9.18 Å². The number of anilines is 2. The van der Waals surface area contributed by atoms with Gasteiger partial charge in [-0.3, -0.25) is 0 Å². The van der Waals surface area contributed by atoms with Crippen LogP contribution in [0.1, 0.15) is 26.3 Å². The highest BCUT2D eigenvalue weighted by Crippen LogP contribution is 2.34. The maximum Gasteiger partial charge on any atom is 0.321 e. The van der Waals surface area contributed by atoms with Crippen LogP contribution in [-0.2, 0) is 4.74 Å². The zero-order valence-electron chi connectivity index (χ0n) is 20.9. The van der Waals surface area contributed by atoms with Gasteiger partial charge in [0.25, 0.3) is 0 Å². The third-order valence-corrected chi connectivity index (χ3v) is 7.50. The van der Waals surface area contributed by atoms with Crippen molar-refractivity contribution in [3.63, 3.8) is 0 Å². The van der Waals surface area contributed by atoms with Crippen molar-refractivity contribution >= 4 is 23.1 Å². The van der Waals surface area contributed by atoms with Gasteiger partial charge < -0.3 is 24.3 Å². The minimum absolute atomic E-state index is 0.204. The Morgan fingerprint density at radius 1 is 1.20 bits per heavy atom. The second kappa shape index (κ2) is 9.49. The van der Waals surface area contributed by atoms with Crippen molar-refractivity contribution < 1.29 is 13.9 Å². The summed E-state index contributed by atoms with van der Waals surface area (Å²) >= 11 is 0. The topological polar surface area (TPSA) is 62.1 Å². The first-order chi connectivity index (χ1) is 16.8. The van der Waals surface area contributed by atoms with Crippen molar-refractivity contribution in [3.05, 3.63) is 48.2 Å². The van der Waals surface area contributed by atoms with Crippen LogP contribution in [0.15, 0.2) is 36.8 Å². The number of hydrogen-bond donors (Lipinski definition) is 1. The van der Waals surface area contributed by atoms with Crippen molar-refractivity contribution in [2.45, 2.75) is 27.7 Å². The summed E-state index contributed by atoms with van der Waals surface area (Å²) in [6.07, 6.45) is 5.71. The number of carbonyl (C=O) groups is 1. The molecule has 35 heavy (non-hydrogen) atoms. The molecule has 2 fully saturated rings. The van der Waals surface area contributed by atoms with E-state index in [1.54, 1.807) is 12.3 Å². The van der Waals surface area contributed by atoms with Gasteiger partial charge in [-0.1, -0.05) is 20.8 Å². The number of pyridine rings is 1. The predicted octanol–water partition coefficient (Wildman–Crippen LogP) is 5.04. The smallest absolute Gasteiger partial charge is 0.321 e. The number of aryl methyl sites for hydroxylation is 1. The van der Waals surface area contributed by atoms with Crippen LogP contribution in [0.3, 0.4) is 0 Å². The van der Waals surface area contributed by atoms with Gasteiger partial charge in [0, 0.05) is 50.3 Å². The Morgan fingerprint density at radius 3 is 2.69 bits per heavy atom. The van der Waals surface area contributed by atoms with Gasteiger partial charge in [0.05, 0.1) is 24.6 Å². The number of urea groups is 1. The van der Waals surface area contributed by atoms with Crippen molar-refractivity contribution in [2.24, 2.45) is 17.8 Å². The number of imidazole rings is 1. The Balaban J connectivity index is 1.46. The van der Waals surface area contributed by atoms with E-state index in [1.165, 1.54) is 6.07 Å². The molecule has 1 aromatic carbocycles. The SMILES string of the molecule is Cc1cc(F)c(NC(=O)N2CC(C)C(C(C)C)C2)cc1-c1cc(N2CCOCC2)c2nccn2c1. The molecule has 5 rings (SSSR count). The highest BCUT2D eigenvalue weighted by molar-refractivity contribution is 5.91. The summed E-state index contributed by atoms with van der Waals surface area (Å²) < 4.78 is 22.5. The highest BCUT2D eigenvalue weighted by atomic mass is 19.1. The van der Waals surface area contributed by atoms with Crippen molar-refractivity contribution in [1.82, 2.24) is 14.3 Å². The molecule has 3 aromatic rings. The fraction of sp³-hybridized carbons (Fsp3) is 0.481. The molecule has 7 nitrogen and oxygen atoms in total. The number of nitrogens with zero attached hydrogens (tertiary/aromatic N) is 4. The molecular weight excluding hydrogens is 445 g/mol. The zero-order valence-corrected chi connectivity index (χ0v) is 20.9. The lowest BCUT2D eigenvalue weighted by Crippen LogP contribution is -2.36. The van der Waals surface area contributed by atoms with Crippen LogP contribution in [0.25, 0.3) is 16.8 Å². The lowest BCUT2D eigenvalue weighted by molar-refractivity contribution is 0.123. The van der Waals surface area contributed by atoms with Crippen LogP contribution in [-0.4, -0.2) is 59.7 Å². The van der Waals surface area contributed by atoms with Gasteiger partial charge in [0.2, 0.25) is 0 Å². The molecule has 0 radical (unpaired) electrons. The molecule has 0 aliphatic carbocycles. The summed E-state index contributed by atoms with van der Waals surface area (Å²) in [5, 5.41) is 2.85. The van der Waals surface area contributed by atoms with E-state index in [-0.39, 0.29) is 11.7 Å². The number of morpholine rings is 1. The molecule has 4 heterocycles. The number of ether oxygens (including phenoxy) is 1. The number of aromatic nitrogens is 2. The third kappa shape index (κ3) is 4.59. The van der Waals surface area contributed by atoms with Crippen molar-refractivity contribution in [1.29, 1.82) is 0 Å². The van der Waals surface area contributed by atoms with Crippen molar-refractivity contribution in [3.8, 4) is 11.1 Å². The number of rotatable bonds is 4. The predicted molar refractivity (Wildman–Crippen MR) is 136 cm³/mol. The second-order valence-electron chi connectivity index (χ2n) is 10.2. The molecule has 186 valence electrons. The molecule has 2 atom stereocenters. The van der Waals surface area contributed by atoms with E-state index in [1.807, 2.05) is 28.6 Å². The van der Waals surface area contributed by atoms with E-state index < -0.39 is 5.82 Å². The van der Waals surface area contributed by atoms with Gasteiger partial charge in [0.1, 0.15) is 5.82 Å². The van der Waals surface area contributed by atoms with Gasteiger partial charge in [-0.15, -0.1) is 0 Å². The second-order valence-corrected chi connectivity index (χ2v) is 10.2. The molecular formula is C27H34FN5O2. The first kappa shape index (κ1) is 23.6. The number of nitrogens with one attached hydrogen (secondary N) is 1. The highest BCUT2D eigenvalue weighted by Gasteiger charge is 2.34. The van der Waals surface area contributed by atoms with E-state index in [2.05, 4.69) is 42.0 Å². The normalized spacial score (nSPS) is 20.7. The molecule has 0 saturated carbocycles. The number of fused-ring (bicyclic) bond motifs is 1. The number of carbonyl (C=O) groups excluding carboxylic acids is 1. The van der Waals surface area contributed by atoms with E-state index >= 15 is 0 Å². The summed E-state index contributed by atoms with van der Waals surface area (Å²) in [5.74, 6) is 0.966. The molecule has 2 aliphatic heterocycles. The first-order valence-electron chi connectivity index (χ1n) is 12.5. The van der Waals surface area contributed by atoms with Gasteiger partial charge in [0.15, 0.2) is 5.65 Å². The summed E-state index contributed by atoms with van der Waals surface area (Å²) in [7, 11) is 0. The monoisotopic (exact) mass is 479 g/mol. The first-order valence-corrected chi connectivity index (χ1v) is 12.5. The van der Waals surface area contributed by atoms with Crippen LogP contribution < -0.4 is 10.2 Å². The molecule has 2 amide bonds. The minimum Gasteiger partial charge on any atom is -0.378 e. The molecule has 2 aliphatic rings. The number of amides is 2. The molecule has 2 saturated heterocycles. The summed E-state index contributed by atoms with van der Waals surface area (Å²) in [4.78, 5) is 21.7. The number of benzene rings is 1. The van der Waals surface area contributed by atoms with Crippen LogP contribution >= 0.6 is 0 Å². The Bertz CT molecular complexity index is 1230. The lowest BCUT2D eigenvalue weighted by atomic mass is 9.88. The Hall–Kier alpha value is -3.13. The minimum atomic E-state index is -0.427. The summed E-state index contributed by atoms with van der Waals surface area (Å²) in [5.41, 5.74) is 4.74. The molecule has 0 spiro atoms. The molecule has 2 unspecified atom stereocenters. The third-order valence-electron chi connectivity index (χ3n) is 7.50. The lowest BCUT2D eigenvalue weighted by Gasteiger charge is -2.29. The molecule has 0 bridgehead atoms. The fourth-order valence-electron chi connectivity index (χ4n) is 5.50. The standard InChI is InChI=1S/C27H34FN5O2/c1-17(2)22-16-33(14-19(22)4)27(34)30-24-13-21(18(3)11-23(24)28)20-12-25(31-7-9-35-10-8-31)26-29-5-6-32(26)15-20/h5-6,11-13,15,17,19,22H,7-10,14,16H2,1-4H3,(H,30,34). The summed E-state index contributed by atoms with van der Waals surface area (Å²) in [6.45, 7) is 12.8. The maximum atomic E-state index is 15.0. The van der Waals surface area contributed by atoms with Crippen LogP contribution in [0.2, 0.25) is 0 Å². The van der Waals surface area contributed by atoms with Gasteiger partial charge in [-0.2, -0.15) is 0 Å². The molecule has 8 heteroatoms. The Labute approximate surface area is 205 Å². The van der Waals surface area contributed by atoms with E-state index in [0.29, 0.717) is 44.1 Å². The Kier molecular flexibility index (Phi) is 6.40. The largest absolute Gasteiger partial charge is 0.378 e. The zero-order chi connectivity index (χ0) is 24.7. The van der Waals surface area contributed by atoms with Gasteiger partial charge >= 0.3 is 6.03 Å². The quantitative estimate of drug-likeness (QED) is 0.569. The molecule has 2 aromatic heterocycles. The van der Waals surface area contributed by atoms with E-state index in [0.717, 1.165) is 41.1 Å². The number of likely N-dealkylation sites (tertiary alicyclic amines) is 1. The average Bonchev–Trinajstić information content (AvgIpc) is 3.47. The van der Waals surface area contributed by atoms with E-state index in [4.69, 9.17) is 4.74 Å². The maximum absolute atomic E-state index is 15.0. The van der Waals surface area contributed by atoms with Gasteiger partial charge in [-0.05, 0) is 54.0 Å². The Morgan fingerprint density at radius 2 is 1.97 bits per heavy atom. The summed E-state index contributed by atoms with van der Waals surface area (Å²) in [6, 6.07) is 5.12. The van der Waals surface area contributed by atoms with Crippen LogP contribution in [0.5, 0.6) is 0 Å². The molecule has 1 N–H and O–H groups in total. The van der Waals surface area contributed by atoms with Crippen LogP contribution in [0.4, 0.5) is 20.6 Å². The number of hydrogen-bond acceptors (Lipinski definition) is 4. The number of halogens is 1. The van der Waals surface area contributed by atoms with Crippen molar-refractivity contribution in [2.75, 3.05) is 49.6 Å². The fourth-order valence-corrected chi connectivity index (χ4v) is 5.50. The average molecular weight is 480 g/mol. The van der Waals surface area contributed by atoms with Crippen LogP contribution in [0, 0.1) is 30.5 Å². The van der Waals surface area contributed by atoms with Gasteiger partial charge in [-0.25, -0.2) is 14.2 Å².